The quantitative estimate of drug-likeness (QED) is 0.776. The Balaban J connectivity index is 1.53. The summed E-state index contributed by atoms with van der Waals surface area (Å²) in [5.74, 6) is 0.280. The summed E-state index contributed by atoms with van der Waals surface area (Å²) in [5, 5.41) is 16.6. The molecule has 7 heteroatoms. The molecule has 0 aliphatic carbocycles. The molecular formula is C18H13N2O4S-. The standard InChI is InChI=1S/C18H14N2O4S/c21-17(22)11-1-4-13(5-2-11)19-18-20-14(10-25-18)12-3-6-15-16(9-12)24-8-7-23-15/h1-6,9-10H,7-8H2,(H,19,20)(H,21,22)/p-1. The van der Waals surface area contributed by atoms with Crippen LogP contribution in [0.5, 0.6) is 11.5 Å². The first-order chi connectivity index (χ1) is 12.2. The fourth-order valence-electron chi connectivity index (χ4n) is 2.48. The molecule has 0 bridgehead atoms. The first-order valence-corrected chi connectivity index (χ1v) is 8.51. The Bertz CT molecular complexity index is 921. The first-order valence-electron chi connectivity index (χ1n) is 7.63. The van der Waals surface area contributed by atoms with Gasteiger partial charge in [0.25, 0.3) is 0 Å². The topological polar surface area (TPSA) is 83.5 Å². The number of hydrogen-bond donors (Lipinski definition) is 1. The van der Waals surface area contributed by atoms with Crippen LogP contribution in [0.25, 0.3) is 11.3 Å². The third-order valence-electron chi connectivity index (χ3n) is 3.71. The van der Waals surface area contributed by atoms with E-state index in [1.807, 2.05) is 23.6 Å². The minimum absolute atomic E-state index is 0.140. The molecular weight excluding hydrogens is 340 g/mol. The lowest BCUT2D eigenvalue weighted by Crippen LogP contribution is -2.21. The second-order valence-corrected chi connectivity index (χ2v) is 6.24. The van der Waals surface area contributed by atoms with E-state index in [1.165, 1.54) is 23.5 Å². The first kappa shape index (κ1) is 15.5. The predicted molar refractivity (Wildman–Crippen MR) is 92.6 cm³/mol. The van der Waals surface area contributed by atoms with E-state index in [1.54, 1.807) is 12.1 Å². The molecule has 1 aromatic heterocycles. The van der Waals surface area contributed by atoms with Gasteiger partial charge in [-0.05, 0) is 35.9 Å². The Morgan fingerprint density at radius 3 is 2.60 bits per heavy atom. The van der Waals surface area contributed by atoms with Crippen LogP contribution in [0.1, 0.15) is 10.4 Å². The smallest absolute Gasteiger partial charge is 0.187 e. The number of hydrogen-bond acceptors (Lipinski definition) is 7. The molecule has 0 fully saturated rings. The maximum Gasteiger partial charge on any atom is 0.187 e. The lowest BCUT2D eigenvalue weighted by atomic mass is 10.1. The summed E-state index contributed by atoms with van der Waals surface area (Å²) in [6.45, 7) is 1.11. The average Bonchev–Trinajstić information content (AvgIpc) is 3.10. The number of benzene rings is 2. The molecule has 2 heterocycles. The van der Waals surface area contributed by atoms with Crippen molar-refractivity contribution in [1.82, 2.24) is 4.98 Å². The van der Waals surface area contributed by atoms with Gasteiger partial charge in [0.05, 0.1) is 11.7 Å². The van der Waals surface area contributed by atoms with Gasteiger partial charge >= 0.3 is 0 Å². The van der Waals surface area contributed by atoms with Gasteiger partial charge in [-0.3, -0.25) is 0 Å². The molecule has 6 nitrogen and oxygen atoms in total. The summed E-state index contributed by atoms with van der Waals surface area (Å²) in [7, 11) is 0. The van der Waals surface area contributed by atoms with Crippen molar-refractivity contribution >= 4 is 28.1 Å². The molecule has 1 aliphatic heterocycles. The van der Waals surface area contributed by atoms with Crippen LogP contribution in [0.3, 0.4) is 0 Å². The molecule has 0 atom stereocenters. The van der Waals surface area contributed by atoms with Gasteiger partial charge in [0.15, 0.2) is 16.6 Å². The fraction of sp³-hybridized carbons (Fsp3) is 0.111. The molecule has 25 heavy (non-hydrogen) atoms. The second-order valence-electron chi connectivity index (χ2n) is 5.39. The fourth-order valence-corrected chi connectivity index (χ4v) is 3.22. The zero-order valence-electron chi connectivity index (χ0n) is 13.0. The van der Waals surface area contributed by atoms with Gasteiger partial charge in [-0.2, -0.15) is 0 Å². The number of fused-ring (bicyclic) bond motifs is 1. The van der Waals surface area contributed by atoms with Crippen molar-refractivity contribution in [1.29, 1.82) is 0 Å². The minimum Gasteiger partial charge on any atom is -0.545 e. The second kappa shape index (κ2) is 6.45. The highest BCUT2D eigenvalue weighted by molar-refractivity contribution is 7.14. The van der Waals surface area contributed by atoms with E-state index in [9.17, 15) is 9.90 Å². The van der Waals surface area contributed by atoms with Gasteiger partial charge in [0.2, 0.25) is 0 Å². The number of carboxylic acids is 1. The minimum atomic E-state index is -1.19. The number of carboxylic acid groups (broad SMARTS) is 1. The van der Waals surface area contributed by atoms with Crippen LogP contribution in [0.2, 0.25) is 0 Å². The Hall–Kier alpha value is -3.06. The van der Waals surface area contributed by atoms with Crippen molar-refractivity contribution in [3.05, 3.63) is 53.4 Å². The van der Waals surface area contributed by atoms with Gasteiger partial charge in [-0.15, -0.1) is 11.3 Å². The molecule has 0 saturated carbocycles. The Morgan fingerprint density at radius 2 is 1.84 bits per heavy atom. The monoisotopic (exact) mass is 353 g/mol. The summed E-state index contributed by atoms with van der Waals surface area (Å²) in [6, 6.07) is 12.1. The molecule has 1 N–H and O–H groups in total. The van der Waals surface area contributed by atoms with Gasteiger partial charge in [-0.25, -0.2) is 4.98 Å². The van der Waals surface area contributed by atoms with Crippen LogP contribution in [0, 0.1) is 0 Å². The van der Waals surface area contributed by atoms with Crippen LogP contribution < -0.4 is 19.9 Å². The summed E-state index contributed by atoms with van der Waals surface area (Å²) in [5.41, 5.74) is 2.67. The Labute approximate surface area is 147 Å². The number of aromatic nitrogens is 1. The van der Waals surface area contributed by atoms with Crippen LogP contribution in [-0.4, -0.2) is 24.2 Å². The summed E-state index contributed by atoms with van der Waals surface area (Å²) in [6.07, 6.45) is 0. The van der Waals surface area contributed by atoms with Crippen LogP contribution in [0.15, 0.2) is 47.8 Å². The van der Waals surface area contributed by atoms with Crippen molar-refractivity contribution in [3.8, 4) is 22.8 Å². The van der Waals surface area contributed by atoms with Crippen molar-refractivity contribution in [2.24, 2.45) is 0 Å². The molecule has 1 aliphatic rings. The number of ether oxygens (including phenoxy) is 2. The molecule has 0 spiro atoms. The van der Waals surface area contributed by atoms with Gasteiger partial charge < -0.3 is 24.7 Å². The van der Waals surface area contributed by atoms with E-state index in [0.717, 1.165) is 28.4 Å². The average molecular weight is 353 g/mol. The summed E-state index contributed by atoms with van der Waals surface area (Å²) < 4.78 is 11.1. The molecule has 0 radical (unpaired) electrons. The number of rotatable bonds is 4. The van der Waals surface area contributed by atoms with Crippen molar-refractivity contribution in [2.45, 2.75) is 0 Å². The Kier molecular flexibility index (Phi) is 3.99. The number of aromatic carboxylic acids is 1. The number of thiazole rings is 1. The zero-order chi connectivity index (χ0) is 17.2. The molecule has 126 valence electrons. The van der Waals surface area contributed by atoms with Crippen LogP contribution in [-0.2, 0) is 0 Å². The van der Waals surface area contributed by atoms with Crippen molar-refractivity contribution in [2.75, 3.05) is 18.5 Å². The number of carbonyl (C=O) groups is 1. The van der Waals surface area contributed by atoms with Crippen molar-refractivity contribution in [3.63, 3.8) is 0 Å². The lowest BCUT2D eigenvalue weighted by Gasteiger charge is -2.18. The summed E-state index contributed by atoms with van der Waals surface area (Å²) in [4.78, 5) is 15.3. The molecule has 0 saturated heterocycles. The normalized spacial score (nSPS) is 12.6. The number of carbonyl (C=O) groups excluding carboxylic acids is 1. The number of nitrogens with one attached hydrogen (secondary N) is 1. The molecule has 2 aromatic carbocycles. The highest BCUT2D eigenvalue weighted by Gasteiger charge is 2.13. The zero-order valence-corrected chi connectivity index (χ0v) is 13.8. The highest BCUT2D eigenvalue weighted by atomic mass is 32.1. The van der Waals surface area contributed by atoms with E-state index in [2.05, 4.69) is 10.3 Å². The summed E-state index contributed by atoms with van der Waals surface area (Å²) >= 11 is 1.46. The largest absolute Gasteiger partial charge is 0.545 e. The van der Waals surface area contributed by atoms with E-state index in [0.29, 0.717) is 18.3 Å². The molecule has 3 aromatic rings. The number of anilines is 2. The van der Waals surface area contributed by atoms with Gasteiger partial charge in [0, 0.05) is 16.6 Å². The van der Waals surface area contributed by atoms with Crippen LogP contribution >= 0.6 is 11.3 Å². The van der Waals surface area contributed by atoms with Crippen molar-refractivity contribution < 1.29 is 19.4 Å². The van der Waals surface area contributed by atoms with E-state index in [-0.39, 0.29) is 5.56 Å². The maximum atomic E-state index is 10.8. The van der Waals surface area contributed by atoms with E-state index in [4.69, 9.17) is 9.47 Å². The molecule has 0 unspecified atom stereocenters. The van der Waals surface area contributed by atoms with Crippen LogP contribution in [0.4, 0.5) is 10.8 Å². The third kappa shape index (κ3) is 3.27. The SMILES string of the molecule is O=C([O-])c1ccc(Nc2nc(-c3ccc4c(c3)OCCO4)cs2)cc1. The highest BCUT2D eigenvalue weighted by Crippen LogP contribution is 2.35. The molecule has 4 rings (SSSR count). The van der Waals surface area contributed by atoms with Gasteiger partial charge in [-0.1, -0.05) is 12.1 Å². The van der Waals surface area contributed by atoms with Gasteiger partial charge in [0.1, 0.15) is 13.2 Å². The Morgan fingerprint density at radius 1 is 1.08 bits per heavy atom. The molecule has 0 amide bonds. The van der Waals surface area contributed by atoms with E-state index >= 15 is 0 Å². The lowest BCUT2D eigenvalue weighted by molar-refractivity contribution is -0.255. The van der Waals surface area contributed by atoms with E-state index < -0.39 is 5.97 Å². The number of nitrogens with zero attached hydrogens (tertiary/aromatic N) is 1. The third-order valence-corrected chi connectivity index (χ3v) is 4.47. The predicted octanol–water partition coefficient (Wildman–Crippen LogP) is 2.69. The maximum absolute atomic E-state index is 10.8.